The van der Waals surface area contributed by atoms with Gasteiger partial charge in [-0.05, 0) is 55.8 Å². The van der Waals surface area contributed by atoms with Crippen molar-refractivity contribution >= 4 is 0 Å². The second-order valence-corrected chi connectivity index (χ2v) is 5.81. The minimum Gasteiger partial charge on any atom is -0.504 e. The minimum atomic E-state index is -0.778. The molecular formula is C17H18FNO2. The Bertz CT molecular complexity index is 725. The van der Waals surface area contributed by atoms with Crippen molar-refractivity contribution in [2.24, 2.45) is 0 Å². The van der Waals surface area contributed by atoms with E-state index in [1.54, 1.807) is 0 Å². The van der Waals surface area contributed by atoms with Crippen LogP contribution in [0.5, 0.6) is 11.5 Å². The molecule has 3 nitrogen and oxygen atoms in total. The number of phenolic OH excluding ortho intramolecular Hbond substituents is 2. The molecule has 1 aliphatic rings. The van der Waals surface area contributed by atoms with Crippen molar-refractivity contribution in [1.29, 1.82) is 0 Å². The molecule has 4 heteroatoms. The molecule has 0 radical (unpaired) electrons. The molecule has 1 unspecified atom stereocenters. The average Bonchev–Trinajstić information content (AvgIpc) is 2.43. The zero-order chi connectivity index (χ0) is 15.3. The summed E-state index contributed by atoms with van der Waals surface area (Å²) >= 11 is 0. The van der Waals surface area contributed by atoms with Crippen molar-refractivity contribution in [2.75, 3.05) is 14.1 Å². The van der Waals surface area contributed by atoms with Crippen LogP contribution in [0.4, 0.5) is 4.39 Å². The maximum Gasteiger partial charge on any atom is 0.194 e. The second-order valence-electron chi connectivity index (χ2n) is 5.81. The smallest absolute Gasteiger partial charge is 0.194 e. The molecule has 2 aromatic rings. The van der Waals surface area contributed by atoms with Gasteiger partial charge in [0.25, 0.3) is 0 Å². The Morgan fingerprint density at radius 3 is 2.57 bits per heavy atom. The first-order chi connectivity index (χ1) is 9.91. The highest BCUT2D eigenvalue weighted by atomic mass is 19.1. The number of halogens is 1. The Morgan fingerprint density at radius 1 is 1.19 bits per heavy atom. The van der Waals surface area contributed by atoms with Crippen LogP contribution in [-0.4, -0.2) is 29.2 Å². The maximum absolute atomic E-state index is 13.7. The number of benzene rings is 2. The molecule has 0 amide bonds. The monoisotopic (exact) mass is 287 g/mol. The summed E-state index contributed by atoms with van der Waals surface area (Å²) in [5.41, 5.74) is 4.38. The van der Waals surface area contributed by atoms with Crippen molar-refractivity contribution in [3.63, 3.8) is 0 Å². The molecule has 2 aromatic carbocycles. The van der Waals surface area contributed by atoms with Crippen LogP contribution >= 0.6 is 0 Å². The van der Waals surface area contributed by atoms with E-state index in [0.717, 1.165) is 22.3 Å². The van der Waals surface area contributed by atoms with Crippen LogP contribution in [0.15, 0.2) is 24.3 Å². The lowest BCUT2D eigenvalue weighted by Gasteiger charge is -2.34. The topological polar surface area (TPSA) is 43.7 Å². The maximum atomic E-state index is 13.7. The van der Waals surface area contributed by atoms with Gasteiger partial charge in [0.05, 0.1) is 0 Å². The number of rotatable bonds is 1. The lowest BCUT2D eigenvalue weighted by molar-refractivity contribution is 0.293. The molecule has 0 fully saturated rings. The Hall–Kier alpha value is -2.07. The molecule has 21 heavy (non-hydrogen) atoms. The molecule has 0 aromatic heterocycles. The number of phenols is 2. The van der Waals surface area contributed by atoms with Gasteiger partial charge >= 0.3 is 0 Å². The fourth-order valence-electron chi connectivity index (χ4n) is 3.23. The quantitative estimate of drug-likeness (QED) is 0.790. The zero-order valence-corrected chi connectivity index (χ0v) is 12.3. The summed E-state index contributed by atoms with van der Waals surface area (Å²) in [6.07, 6.45) is 0.602. The normalized spacial score (nSPS) is 16.7. The molecule has 2 N–H and O–H groups in total. The average molecular weight is 287 g/mol. The number of hydrogen-bond acceptors (Lipinski definition) is 3. The molecule has 1 atom stereocenters. The highest BCUT2D eigenvalue weighted by Crippen LogP contribution is 2.49. The first kappa shape index (κ1) is 13.9. The second kappa shape index (κ2) is 4.74. The number of likely N-dealkylation sites (N-methyl/N-ethyl adjacent to an activating group) is 1. The fourth-order valence-corrected chi connectivity index (χ4v) is 3.23. The van der Waals surface area contributed by atoms with E-state index >= 15 is 0 Å². The van der Waals surface area contributed by atoms with E-state index in [9.17, 15) is 14.6 Å². The van der Waals surface area contributed by atoms with Crippen molar-refractivity contribution < 1.29 is 14.6 Å². The minimum absolute atomic E-state index is 0.122. The van der Waals surface area contributed by atoms with Crippen LogP contribution in [0.1, 0.15) is 22.7 Å². The number of fused-ring (bicyclic) bond motifs is 3. The first-order valence-electron chi connectivity index (χ1n) is 6.91. The summed E-state index contributed by atoms with van der Waals surface area (Å²) < 4.78 is 13.7. The molecule has 1 aliphatic carbocycles. The SMILES string of the molecule is Cc1cccc2c1C(N(C)C)Cc1cc(F)c(O)c(O)c1-2. The van der Waals surface area contributed by atoms with E-state index in [4.69, 9.17) is 0 Å². The van der Waals surface area contributed by atoms with Gasteiger partial charge < -0.3 is 15.1 Å². The van der Waals surface area contributed by atoms with Gasteiger partial charge in [-0.3, -0.25) is 0 Å². The van der Waals surface area contributed by atoms with Gasteiger partial charge in [0.2, 0.25) is 0 Å². The Morgan fingerprint density at radius 2 is 1.90 bits per heavy atom. The van der Waals surface area contributed by atoms with Crippen LogP contribution in [0.25, 0.3) is 11.1 Å². The van der Waals surface area contributed by atoms with E-state index in [0.29, 0.717) is 12.0 Å². The van der Waals surface area contributed by atoms with Gasteiger partial charge in [0.15, 0.2) is 17.3 Å². The number of aromatic hydroxyl groups is 2. The lowest BCUT2D eigenvalue weighted by Crippen LogP contribution is -2.26. The van der Waals surface area contributed by atoms with Crippen molar-refractivity contribution in [2.45, 2.75) is 19.4 Å². The van der Waals surface area contributed by atoms with Crippen molar-refractivity contribution in [1.82, 2.24) is 4.90 Å². The predicted octanol–water partition coefficient (Wildman–Crippen LogP) is 3.37. The molecule has 110 valence electrons. The largest absolute Gasteiger partial charge is 0.504 e. The molecule has 0 aliphatic heterocycles. The van der Waals surface area contributed by atoms with E-state index in [-0.39, 0.29) is 11.8 Å². The number of aryl methyl sites for hydroxylation is 1. The van der Waals surface area contributed by atoms with Crippen LogP contribution < -0.4 is 0 Å². The van der Waals surface area contributed by atoms with Gasteiger partial charge in [-0.25, -0.2) is 4.39 Å². The van der Waals surface area contributed by atoms with E-state index in [2.05, 4.69) is 4.90 Å². The summed E-state index contributed by atoms with van der Waals surface area (Å²) in [6, 6.07) is 7.30. The molecule has 0 spiro atoms. The molecule has 0 saturated carbocycles. The zero-order valence-electron chi connectivity index (χ0n) is 12.3. The number of hydrogen-bond donors (Lipinski definition) is 2. The van der Waals surface area contributed by atoms with E-state index in [1.165, 1.54) is 6.07 Å². The highest BCUT2D eigenvalue weighted by molar-refractivity contribution is 5.82. The Balaban J connectivity index is 2.36. The molecule has 0 heterocycles. The van der Waals surface area contributed by atoms with Gasteiger partial charge in [-0.2, -0.15) is 0 Å². The number of nitrogens with zero attached hydrogens (tertiary/aromatic N) is 1. The first-order valence-corrected chi connectivity index (χ1v) is 6.91. The van der Waals surface area contributed by atoms with Crippen LogP contribution in [0.2, 0.25) is 0 Å². The highest BCUT2D eigenvalue weighted by Gasteiger charge is 2.31. The van der Waals surface area contributed by atoms with Gasteiger partial charge in [0.1, 0.15) is 0 Å². The molecule has 0 bridgehead atoms. The summed E-state index contributed by atoms with van der Waals surface area (Å²) in [4.78, 5) is 2.09. The molecular weight excluding hydrogens is 269 g/mol. The van der Waals surface area contributed by atoms with Crippen LogP contribution in [0, 0.1) is 12.7 Å². The van der Waals surface area contributed by atoms with Gasteiger partial charge in [-0.1, -0.05) is 18.2 Å². The third-order valence-electron chi connectivity index (χ3n) is 4.27. The van der Waals surface area contributed by atoms with Crippen LogP contribution in [0.3, 0.4) is 0 Å². The van der Waals surface area contributed by atoms with Gasteiger partial charge in [0, 0.05) is 11.6 Å². The molecule has 0 saturated heterocycles. The third-order valence-corrected chi connectivity index (χ3v) is 4.27. The standard InChI is InChI=1S/C17H18FNO2/c1-9-5-4-6-11-14(9)13(19(2)3)8-10-7-12(18)16(20)17(21)15(10)11/h4-7,13,20-21H,8H2,1-3H3. The van der Waals surface area contributed by atoms with Crippen molar-refractivity contribution in [3.8, 4) is 22.6 Å². The fraction of sp³-hybridized carbons (Fsp3) is 0.294. The summed E-state index contributed by atoms with van der Waals surface area (Å²) in [6.45, 7) is 2.03. The summed E-state index contributed by atoms with van der Waals surface area (Å²) in [5.74, 6) is -1.82. The Labute approximate surface area is 123 Å². The summed E-state index contributed by atoms with van der Waals surface area (Å²) in [5, 5.41) is 19.9. The third kappa shape index (κ3) is 1.98. The predicted molar refractivity (Wildman–Crippen MR) is 80.0 cm³/mol. The van der Waals surface area contributed by atoms with Crippen molar-refractivity contribution in [3.05, 3.63) is 46.8 Å². The summed E-state index contributed by atoms with van der Waals surface area (Å²) in [7, 11) is 3.98. The van der Waals surface area contributed by atoms with Gasteiger partial charge in [-0.15, -0.1) is 0 Å². The van der Waals surface area contributed by atoms with E-state index < -0.39 is 11.6 Å². The lowest BCUT2D eigenvalue weighted by atomic mass is 9.79. The van der Waals surface area contributed by atoms with Crippen LogP contribution in [-0.2, 0) is 6.42 Å². The Kier molecular flexibility index (Phi) is 3.14. The molecule has 3 rings (SSSR count). The van der Waals surface area contributed by atoms with E-state index in [1.807, 2.05) is 39.2 Å².